The molecule has 4 heterocycles. The van der Waals surface area contributed by atoms with E-state index < -0.39 is 12.1 Å². The van der Waals surface area contributed by atoms with Crippen LogP contribution in [0, 0.1) is 5.82 Å². The second-order valence-corrected chi connectivity index (χ2v) is 8.51. The van der Waals surface area contributed by atoms with E-state index >= 15 is 0 Å². The highest BCUT2D eigenvalue weighted by molar-refractivity contribution is 5.80. The summed E-state index contributed by atoms with van der Waals surface area (Å²) in [6, 6.07) is 3.85. The van der Waals surface area contributed by atoms with E-state index in [0.717, 1.165) is 50.1 Å². The number of hydrogen-bond acceptors (Lipinski definition) is 7. The van der Waals surface area contributed by atoms with E-state index in [2.05, 4.69) is 20.4 Å². The van der Waals surface area contributed by atoms with Gasteiger partial charge in [0.2, 0.25) is 5.88 Å². The summed E-state index contributed by atoms with van der Waals surface area (Å²) in [7, 11) is 0. The Morgan fingerprint density at radius 3 is 2.50 bits per heavy atom. The zero-order valence-electron chi connectivity index (χ0n) is 19.3. The number of alkyl halides is 3. The number of pyridine rings is 1. The molecule has 0 amide bonds. The maximum absolute atomic E-state index is 14.7. The molecule has 1 saturated heterocycles. The zero-order valence-corrected chi connectivity index (χ0v) is 19.3. The van der Waals surface area contributed by atoms with Crippen molar-refractivity contribution in [1.29, 1.82) is 0 Å². The minimum absolute atomic E-state index is 0.195. The predicted octanol–water partition coefficient (Wildman–Crippen LogP) is 3.68. The van der Waals surface area contributed by atoms with Gasteiger partial charge in [0.15, 0.2) is 17.3 Å². The van der Waals surface area contributed by atoms with E-state index in [9.17, 15) is 17.6 Å². The van der Waals surface area contributed by atoms with Crippen LogP contribution >= 0.6 is 0 Å². The molecule has 1 aliphatic carbocycles. The largest absolute Gasteiger partial charge is 0.490 e. The number of fused-ring (bicyclic) bond motifs is 1. The van der Waals surface area contributed by atoms with Gasteiger partial charge in [0.1, 0.15) is 6.10 Å². The quantitative estimate of drug-likeness (QED) is 0.513. The van der Waals surface area contributed by atoms with E-state index in [1.54, 1.807) is 12.4 Å². The van der Waals surface area contributed by atoms with E-state index in [1.165, 1.54) is 30.0 Å². The third kappa shape index (κ3) is 6.01. The maximum Gasteiger partial charge on any atom is 0.490 e. The number of aromatic nitrogens is 4. The molecule has 0 unspecified atom stereocenters. The van der Waals surface area contributed by atoms with Gasteiger partial charge in [-0.15, -0.1) is 0 Å². The standard InChI is InChI=1S/C21H25FN6O.C2HF3O2/c22-18-14-28-19(26-20(18)27-11-9-23-10-12-27)17(13-25-28)16-7-4-8-24-21(16)29-15-5-2-1-3-6-15;3-2(4,5)1(6)7/h4,7-8,13-15,23H,1-3,5-6,9-12H2;(H,6,7). The molecule has 1 saturated carbocycles. The van der Waals surface area contributed by atoms with Crippen molar-refractivity contribution in [2.75, 3.05) is 31.1 Å². The Labute approximate surface area is 204 Å². The zero-order chi connectivity index (χ0) is 25.7. The highest BCUT2D eigenvalue weighted by Gasteiger charge is 2.38. The van der Waals surface area contributed by atoms with Crippen LogP contribution in [0.5, 0.6) is 5.88 Å². The molecular weight excluding hydrogens is 484 g/mol. The summed E-state index contributed by atoms with van der Waals surface area (Å²) in [4.78, 5) is 20.0. The summed E-state index contributed by atoms with van der Waals surface area (Å²) in [6.07, 6.45) is 5.75. The van der Waals surface area contributed by atoms with Crippen molar-refractivity contribution in [3.05, 3.63) is 36.5 Å². The number of nitrogens with one attached hydrogen (secondary N) is 1. The molecule has 0 spiro atoms. The number of hydrogen-bond donors (Lipinski definition) is 2. The third-order valence-electron chi connectivity index (χ3n) is 5.98. The van der Waals surface area contributed by atoms with Gasteiger partial charge in [0.25, 0.3) is 0 Å². The molecule has 194 valence electrons. The summed E-state index contributed by atoms with van der Waals surface area (Å²) in [6.45, 7) is 3.10. The number of nitrogens with zero attached hydrogens (tertiary/aromatic N) is 5. The van der Waals surface area contributed by atoms with Crippen molar-refractivity contribution in [3.8, 4) is 17.0 Å². The van der Waals surface area contributed by atoms with Crippen molar-refractivity contribution in [2.45, 2.75) is 44.4 Å². The van der Waals surface area contributed by atoms with Crippen LogP contribution in [0.1, 0.15) is 32.1 Å². The molecule has 3 aromatic heterocycles. The molecule has 1 aliphatic heterocycles. The molecule has 13 heteroatoms. The van der Waals surface area contributed by atoms with Crippen LogP contribution in [0.3, 0.4) is 0 Å². The van der Waals surface area contributed by atoms with Crippen LogP contribution < -0.4 is 15.0 Å². The first-order valence-electron chi connectivity index (χ1n) is 11.7. The lowest BCUT2D eigenvalue weighted by molar-refractivity contribution is -0.192. The first-order valence-corrected chi connectivity index (χ1v) is 11.7. The van der Waals surface area contributed by atoms with Gasteiger partial charge in [0, 0.05) is 37.9 Å². The second kappa shape index (κ2) is 11.1. The minimum atomic E-state index is -5.08. The first kappa shape index (κ1) is 25.6. The number of carbonyl (C=O) groups is 1. The van der Waals surface area contributed by atoms with E-state index in [1.807, 2.05) is 17.0 Å². The smallest absolute Gasteiger partial charge is 0.475 e. The number of ether oxygens (including phenoxy) is 1. The Bertz CT molecular complexity index is 1190. The van der Waals surface area contributed by atoms with E-state index in [0.29, 0.717) is 17.3 Å². The number of halogens is 4. The van der Waals surface area contributed by atoms with Crippen molar-refractivity contribution in [3.63, 3.8) is 0 Å². The Morgan fingerprint density at radius 2 is 1.83 bits per heavy atom. The van der Waals surface area contributed by atoms with Crippen LogP contribution in [-0.4, -0.2) is 69.1 Å². The summed E-state index contributed by atoms with van der Waals surface area (Å²) < 4.78 is 54.2. The predicted molar refractivity (Wildman–Crippen MR) is 122 cm³/mol. The van der Waals surface area contributed by atoms with E-state index in [4.69, 9.17) is 14.6 Å². The number of aliphatic carboxylic acids is 1. The average Bonchev–Trinajstić information content (AvgIpc) is 3.27. The topological polar surface area (TPSA) is 105 Å². The second-order valence-electron chi connectivity index (χ2n) is 8.51. The molecule has 0 bridgehead atoms. The SMILES string of the molecule is Fc1cn2ncc(-c3cccnc3OC3CCCCC3)c2nc1N1CCNCC1.O=C(O)C(F)(F)F. The number of carboxylic acid groups (broad SMARTS) is 1. The van der Waals surface area contributed by atoms with Gasteiger partial charge in [-0.3, -0.25) is 0 Å². The molecule has 2 aliphatic rings. The van der Waals surface area contributed by atoms with Gasteiger partial charge in [0.05, 0.1) is 18.0 Å². The molecular formula is C23H26F4N6O3. The van der Waals surface area contributed by atoms with Gasteiger partial charge in [-0.05, 0) is 37.8 Å². The monoisotopic (exact) mass is 510 g/mol. The highest BCUT2D eigenvalue weighted by Crippen LogP contribution is 2.34. The van der Waals surface area contributed by atoms with Gasteiger partial charge in [-0.25, -0.2) is 23.7 Å². The Balaban J connectivity index is 0.000000384. The molecule has 2 N–H and O–H groups in total. The first-order chi connectivity index (χ1) is 17.2. The van der Waals surface area contributed by atoms with Crippen LogP contribution in [0.25, 0.3) is 16.8 Å². The van der Waals surface area contributed by atoms with Crippen molar-refractivity contribution < 1.29 is 32.2 Å². The van der Waals surface area contributed by atoms with Gasteiger partial charge in [-0.1, -0.05) is 6.42 Å². The Morgan fingerprint density at radius 1 is 1.14 bits per heavy atom. The Kier molecular flexibility index (Phi) is 7.87. The summed E-state index contributed by atoms with van der Waals surface area (Å²) in [5.41, 5.74) is 2.26. The highest BCUT2D eigenvalue weighted by atomic mass is 19.4. The molecule has 9 nitrogen and oxygen atoms in total. The third-order valence-corrected chi connectivity index (χ3v) is 5.98. The summed E-state index contributed by atoms with van der Waals surface area (Å²) >= 11 is 0. The lowest BCUT2D eigenvalue weighted by atomic mass is 9.98. The molecule has 36 heavy (non-hydrogen) atoms. The number of piperazine rings is 1. The number of rotatable bonds is 4. The molecule has 2 fully saturated rings. The van der Waals surface area contributed by atoms with Crippen molar-refractivity contribution in [1.82, 2.24) is 24.9 Å². The molecule has 0 radical (unpaired) electrons. The molecule has 0 atom stereocenters. The lowest BCUT2D eigenvalue weighted by Gasteiger charge is -2.28. The van der Waals surface area contributed by atoms with Crippen molar-refractivity contribution in [2.24, 2.45) is 0 Å². The number of carboxylic acids is 1. The van der Waals surface area contributed by atoms with E-state index in [-0.39, 0.29) is 11.9 Å². The van der Waals surface area contributed by atoms with Gasteiger partial charge < -0.3 is 20.1 Å². The van der Waals surface area contributed by atoms with Crippen LogP contribution in [-0.2, 0) is 4.79 Å². The average molecular weight is 510 g/mol. The number of anilines is 1. The summed E-state index contributed by atoms with van der Waals surface area (Å²) in [5.74, 6) is -2.14. The van der Waals surface area contributed by atoms with Gasteiger partial charge >= 0.3 is 12.1 Å². The Hall–Kier alpha value is -3.48. The van der Waals surface area contributed by atoms with Crippen LogP contribution in [0.2, 0.25) is 0 Å². The molecule has 3 aromatic rings. The summed E-state index contributed by atoms with van der Waals surface area (Å²) in [5, 5.41) is 14.7. The lowest BCUT2D eigenvalue weighted by Crippen LogP contribution is -2.44. The van der Waals surface area contributed by atoms with Crippen LogP contribution in [0.4, 0.5) is 23.4 Å². The fraction of sp³-hybridized carbons (Fsp3) is 0.478. The van der Waals surface area contributed by atoms with Gasteiger partial charge in [-0.2, -0.15) is 18.3 Å². The maximum atomic E-state index is 14.7. The van der Waals surface area contributed by atoms with Crippen LogP contribution in [0.15, 0.2) is 30.7 Å². The molecule has 5 rings (SSSR count). The fourth-order valence-corrected chi connectivity index (χ4v) is 4.20. The molecule has 0 aromatic carbocycles. The fourth-order valence-electron chi connectivity index (χ4n) is 4.20. The van der Waals surface area contributed by atoms with Crippen molar-refractivity contribution >= 4 is 17.4 Å². The normalized spacial score (nSPS) is 16.9. The minimum Gasteiger partial charge on any atom is -0.475 e.